The average Bonchev–Trinajstić information content (AvgIpc) is 3.58. The Bertz CT molecular complexity index is 2590. The third kappa shape index (κ3) is 5.26. The van der Waals surface area contributed by atoms with E-state index >= 15 is 0 Å². The monoisotopic (exact) mass is 627 g/mol. The number of hydrogen-bond acceptors (Lipinski definition) is 4. The number of fused-ring (bicyclic) bond motifs is 3. The van der Waals surface area contributed by atoms with Gasteiger partial charge >= 0.3 is 0 Å². The van der Waals surface area contributed by atoms with E-state index in [1.807, 2.05) is 54.9 Å². The summed E-state index contributed by atoms with van der Waals surface area (Å²) in [5.41, 5.74) is 12.8. The molecule has 9 rings (SSSR count). The van der Waals surface area contributed by atoms with Gasteiger partial charge in [-0.05, 0) is 52.1 Å². The summed E-state index contributed by atoms with van der Waals surface area (Å²) < 4.78 is 6.46. The summed E-state index contributed by atoms with van der Waals surface area (Å²) in [6.45, 7) is 0. The van der Waals surface area contributed by atoms with E-state index in [9.17, 15) is 0 Å². The van der Waals surface area contributed by atoms with Crippen LogP contribution >= 0.6 is 0 Å². The fourth-order valence-electron chi connectivity index (χ4n) is 6.67. The smallest absolute Gasteiger partial charge is 0.160 e. The van der Waals surface area contributed by atoms with Gasteiger partial charge < -0.3 is 4.42 Å². The topological polar surface area (TPSA) is 51.8 Å². The van der Waals surface area contributed by atoms with Gasteiger partial charge in [0.1, 0.15) is 11.2 Å². The minimum absolute atomic E-state index is 0.651. The number of rotatable bonds is 6. The molecule has 49 heavy (non-hydrogen) atoms. The molecule has 6 aromatic carbocycles. The van der Waals surface area contributed by atoms with Crippen molar-refractivity contribution in [3.8, 4) is 67.3 Å². The molecule has 0 radical (unpaired) electrons. The molecule has 0 spiro atoms. The maximum Gasteiger partial charge on any atom is 0.160 e. The van der Waals surface area contributed by atoms with E-state index in [2.05, 4.69) is 126 Å². The van der Waals surface area contributed by atoms with Gasteiger partial charge in [0.15, 0.2) is 5.82 Å². The van der Waals surface area contributed by atoms with Crippen molar-refractivity contribution in [2.75, 3.05) is 0 Å². The third-order valence-electron chi connectivity index (χ3n) is 9.03. The Hall–Kier alpha value is -6.65. The van der Waals surface area contributed by atoms with Crippen LogP contribution in [0.1, 0.15) is 0 Å². The molecule has 0 saturated carbocycles. The Morgan fingerprint density at radius 2 is 1.04 bits per heavy atom. The fraction of sp³-hybridized carbons (Fsp3) is 0. The summed E-state index contributed by atoms with van der Waals surface area (Å²) in [7, 11) is 0. The standard InChI is InChI=1S/C45H29N3O/c1-4-13-30(14-5-1)34-24-23-33(27-39(34)31-15-6-2-7-16-31)41-28-42(48-45(47-41)32-17-8-3-9-18-32)40-29-46-26-25-35(40)37-20-12-21-38-36-19-10-11-22-43(36)49-44(37)38/h1-29H. The van der Waals surface area contributed by atoms with Crippen molar-refractivity contribution in [1.29, 1.82) is 0 Å². The van der Waals surface area contributed by atoms with Crippen molar-refractivity contribution in [3.63, 3.8) is 0 Å². The molecular formula is C45H29N3O. The minimum atomic E-state index is 0.651. The van der Waals surface area contributed by atoms with Crippen LogP contribution in [0, 0.1) is 0 Å². The summed E-state index contributed by atoms with van der Waals surface area (Å²) in [4.78, 5) is 14.9. The zero-order valence-corrected chi connectivity index (χ0v) is 26.5. The van der Waals surface area contributed by atoms with E-state index in [4.69, 9.17) is 14.4 Å². The summed E-state index contributed by atoms with van der Waals surface area (Å²) >= 11 is 0. The van der Waals surface area contributed by atoms with Crippen molar-refractivity contribution in [2.45, 2.75) is 0 Å². The lowest BCUT2D eigenvalue weighted by Crippen LogP contribution is -1.98. The zero-order valence-electron chi connectivity index (χ0n) is 26.5. The zero-order chi connectivity index (χ0) is 32.6. The van der Waals surface area contributed by atoms with Gasteiger partial charge in [-0.3, -0.25) is 4.98 Å². The van der Waals surface area contributed by atoms with E-state index in [-0.39, 0.29) is 0 Å². The van der Waals surface area contributed by atoms with Crippen LogP contribution in [0.15, 0.2) is 181 Å². The maximum atomic E-state index is 6.46. The molecule has 0 bridgehead atoms. The molecule has 4 heteroatoms. The molecule has 0 saturated heterocycles. The van der Waals surface area contributed by atoms with E-state index in [1.54, 1.807) is 0 Å². The first kappa shape index (κ1) is 28.6. The summed E-state index contributed by atoms with van der Waals surface area (Å²) in [6, 6.07) is 56.4. The Labute approximate surface area is 284 Å². The number of pyridine rings is 1. The van der Waals surface area contributed by atoms with Crippen LogP contribution in [-0.4, -0.2) is 15.0 Å². The number of aromatic nitrogens is 3. The number of furan rings is 1. The lowest BCUT2D eigenvalue weighted by Gasteiger charge is -2.15. The lowest BCUT2D eigenvalue weighted by atomic mass is 9.91. The molecule has 3 aromatic heterocycles. The summed E-state index contributed by atoms with van der Waals surface area (Å²) in [5.74, 6) is 0.651. The van der Waals surface area contributed by atoms with Gasteiger partial charge in [-0.2, -0.15) is 0 Å². The number of hydrogen-bond donors (Lipinski definition) is 0. The Morgan fingerprint density at radius 3 is 1.82 bits per heavy atom. The quantitative estimate of drug-likeness (QED) is 0.184. The number of benzene rings is 6. The van der Waals surface area contributed by atoms with Gasteiger partial charge in [0, 0.05) is 45.4 Å². The Kier molecular flexibility index (Phi) is 7.10. The summed E-state index contributed by atoms with van der Waals surface area (Å²) in [5, 5.41) is 2.18. The lowest BCUT2D eigenvalue weighted by molar-refractivity contribution is 0.670. The molecule has 0 fully saturated rings. The molecule has 0 amide bonds. The molecule has 230 valence electrons. The third-order valence-corrected chi connectivity index (χ3v) is 9.03. The number of nitrogens with zero attached hydrogens (tertiary/aromatic N) is 3. The van der Waals surface area contributed by atoms with E-state index in [1.165, 1.54) is 11.1 Å². The number of para-hydroxylation sites is 2. The highest BCUT2D eigenvalue weighted by Gasteiger charge is 2.19. The second kappa shape index (κ2) is 12.2. The highest BCUT2D eigenvalue weighted by Crippen LogP contribution is 2.41. The van der Waals surface area contributed by atoms with E-state index in [0.29, 0.717) is 5.82 Å². The molecule has 0 unspecified atom stereocenters. The average molecular weight is 628 g/mol. The highest BCUT2D eigenvalue weighted by atomic mass is 16.3. The van der Waals surface area contributed by atoms with Gasteiger partial charge in [0.05, 0.1) is 11.4 Å². The van der Waals surface area contributed by atoms with Gasteiger partial charge in [0.2, 0.25) is 0 Å². The van der Waals surface area contributed by atoms with Crippen LogP contribution in [0.5, 0.6) is 0 Å². The molecule has 4 nitrogen and oxygen atoms in total. The molecule has 0 aliphatic heterocycles. The van der Waals surface area contributed by atoms with Crippen molar-refractivity contribution in [2.24, 2.45) is 0 Å². The van der Waals surface area contributed by atoms with Crippen LogP contribution in [-0.2, 0) is 0 Å². The van der Waals surface area contributed by atoms with Crippen molar-refractivity contribution in [1.82, 2.24) is 15.0 Å². The van der Waals surface area contributed by atoms with Crippen LogP contribution in [0.4, 0.5) is 0 Å². The predicted octanol–water partition coefficient (Wildman–Crippen LogP) is 11.8. The molecule has 0 atom stereocenters. The first-order valence-corrected chi connectivity index (χ1v) is 16.3. The first-order chi connectivity index (χ1) is 24.3. The van der Waals surface area contributed by atoms with Crippen LogP contribution in [0.3, 0.4) is 0 Å². The van der Waals surface area contributed by atoms with Gasteiger partial charge in [-0.25, -0.2) is 9.97 Å². The van der Waals surface area contributed by atoms with Gasteiger partial charge in [0.25, 0.3) is 0 Å². The predicted molar refractivity (Wildman–Crippen MR) is 200 cm³/mol. The first-order valence-electron chi connectivity index (χ1n) is 16.3. The Morgan fingerprint density at radius 1 is 0.388 bits per heavy atom. The van der Waals surface area contributed by atoms with Crippen LogP contribution < -0.4 is 0 Å². The maximum absolute atomic E-state index is 6.46. The van der Waals surface area contributed by atoms with E-state index in [0.717, 1.165) is 72.3 Å². The van der Waals surface area contributed by atoms with Crippen LogP contribution in [0.2, 0.25) is 0 Å². The molecular weight excluding hydrogens is 599 g/mol. The Balaban J connectivity index is 1.26. The summed E-state index contributed by atoms with van der Waals surface area (Å²) in [6.07, 6.45) is 3.72. The molecule has 0 N–H and O–H groups in total. The van der Waals surface area contributed by atoms with Crippen molar-refractivity contribution >= 4 is 21.9 Å². The van der Waals surface area contributed by atoms with Crippen molar-refractivity contribution < 1.29 is 4.42 Å². The highest BCUT2D eigenvalue weighted by molar-refractivity contribution is 6.10. The fourth-order valence-corrected chi connectivity index (χ4v) is 6.67. The normalized spacial score (nSPS) is 11.3. The SMILES string of the molecule is c1ccc(-c2nc(-c3ccc(-c4ccccc4)c(-c4ccccc4)c3)cc(-c3cnccc3-c3cccc4c3oc3ccccc34)n2)cc1. The molecule has 9 aromatic rings. The van der Waals surface area contributed by atoms with Crippen LogP contribution in [0.25, 0.3) is 89.2 Å². The second-order valence-electron chi connectivity index (χ2n) is 12.0. The second-order valence-corrected chi connectivity index (χ2v) is 12.0. The molecule has 0 aliphatic carbocycles. The molecule has 0 aliphatic rings. The van der Waals surface area contributed by atoms with E-state index < -0.39 is 0 Å². The van der Waals surface area contributed by atoms with Gasteiger partial charge in [-0.1, -0.05) is 140 Å². The van der Waals surface area contributed by atoms with Crippen molar-refractivity contribution in [3.05, 3.63) is 176 Å². The molecule has 3 heterocycles. The van der Waals surface area contributed by atoms with Gasteiger partial charge in [-0.15, -0.1) is 0 Å². The largest absolute Gasteiger partial charge is 0.455 e. The minimum Gasteiger partial charge on any atom is -0.455 e.